The van der Waals surface area contributed by atoms with Gasteiger partial charge in [-0.05, 0) is 44.9 Å². The number of carbonyl (C=O) groups is 1. The van der Waals surface area contributed by atoms with Crippen molar-refractivity contribution in [2.75, 3.05) is 39.9 Å². The van der Waals surface area contributed by atoms with E-state index >= 15 is 0 Å². The van der Waals surface area contributed by atoms with Gasteiger partial charge >= 0.3 is 6.09 Å². The Morgan fingerprint density at radius 2 is 1.70 bits per heavy atom. The number of alkyl carbamates (subject to hydrolysis) is 1. The van der Waals surface area contributed by atoms with Gasteiger partial charge in [0.25, 0.3) is 0 Å². The lowest BCUT2D eigenvalue weighted by Gasteiger charge is -2.28. The van der Waals surface area contributed by atoms with Crippen LogP contribution in [-0.4, -0.2) is 57.5 Å². The average Bonchev–Trinajstić information content (AvgIpc) is 2.68. The van der Waals surface area contributed by atoms with Crippen molar-refractivity contribution in [3.8, 4) is 11.5 Å². The number of benzene rings is 1. The van der Waals surface area contributed by atoms with E-state index in [0.717, 1.165) is 29.4 Å². The Bertz CT molecular complexity index is 741. The molecule has 1 aromatic rings. The van der Waals surface area contributed by atoms with Crippen molar-refractivity contribution in [1.29, 1.82) is 0 Å². The molecule has 0 fully saturated rings. The minimum atomic E-state index is -0.488. The molecule has 30 heavy (non-hydrogen) atoms. The predicted molar refractivity (Wildman–Crippen MR) is 119 cm³/mol. The quantitative estimate of drug-likeness (QED) is 0.357. The van der Waals surface area contributed by atoms with Crippen LogP contribution in [-0.2, 0) is 10.2 Å². The van der Waals surface area contributed by atoms with Crippen LogP contribution in [0.2, 0.25) is 0 Å². The highest BCUT2D eigenvalue weighted by molar-refractivity contribution is 5.79. The molecule has 0 aromatic heterocycles. The van der Waals surface area contributed by atoms with Gasteiger partial charge in [-0.25, -0.2) is 4.79 Å². The average molecular weight is 421 g/mol. The molecule has 1 aliphatic heterocycles. The van der Waals surface area contributed by atoms with E-state index in [1.807, 2.05) is 26.8 Å². The summed E-state index contributed by atoms with van der Waals surface area (Å²) in [6.07, 6.45) is 0.358. The fourth-order valence-corrected chi connectivity index (χ4v) is 2.89. The van der Waals surface area contributed by atoms with Crippen molar-refractivity contribution >= 4 is 12.1 Å². The second kappa shape index (κ2) is 10.4. The number of guanidine groups is 1. The van der Waals surface area contributed by atoms with Crippen LogP contribution in [0.25, 0.3) is 0 Å². The zero-order valence-electron chi connectivity index (χ0n) is 19.1. The first-order valence-electron chi connectivity index (χ1n) is 10.4. The molecule has 8 nitrogen and oxygen atoms in total. The van der Waals surface area contributed by atoms with E-state index in [4.69, 9.17) is 14.2 Å². The Labute approximate surface area is 179 Å². The molecule has 0 spiro atoms. The number of fused-ring (bicyclic) bond motifs is 1. The number of aliphatic imine (C=N–C) groups is 1. The number of nitrogens with zero attached hydrogens (tertiary/aromatic N) is 1. The van der Waals surface area contributed by atoms with Crippen molar-refractivity contribution < 1.29 is 19.0 Å². The maximum absolute atomic E-state index is 11.6. The van der Waals surface area contributed by atoms with Crippen LogP contribution in [0, 0.1) is 0 Å². The lowest BCUT2D eigenvalue weighted by molar-refractivity contribution is 0.0527. The summed E-state index contributed by atoms with van der Waals surface area (Å²) < 4.78 is 16.5. The minimum absolute atomic E-state index is 0.133. The normalized spacial score (nSPS) is 14.1. The lowest BCUT2D eigenvalue weighted by atomic mass is 9.84. The molecule has 0 saturated carbocycles. The standard InChI is InChI=1S/C22H36N4O4/c1-21(2,3)30-20(27)25-11-7-10-24-19(23-6)26-15-22(4,5)16-8-9-17-18(14-16)29-13-12-28-17/h8-9,14H,7,10-13,15H2,1-6H3,(H,25,27)(H2,23,24,26). The highest BCUT2D eigenvalue weighted by atomic mass is 16.6. The SMILES string of the molecule is CN=C(NCCCNC(=O)OC(C)(C)C)NCC(C)(C)c1ccc2c(c1)OCCO2. The zero-order valence-corrected chi connectivity index (χ0v) is 19.1. The van der Waals surface area contributed by atoms with E-state index in [9.17, 15) is 4.79 Å². The third kappa shape index (κ3) is 7.65. The summed E-state index contributed by atoms with van der Waals surface area (Å²) in [6.45, 7) is 12.9. The van der Waals surface area contributed by atoms with Gasteiger partial charge in [-0.3, -0.25) is 4.99 Å². The van der Waals surface area contributed by atoms with Crippen molar-refractivity contribution in [3.63, 3.8) is 0 Å². The van der Waals surface area contributed by atoms with Gasteiger partial charge in [0.2, 0.25) is 0 Å². The first kappa shape index (κ1) is 23.6. The Hall–Kier alpha value is -2.64. The Balaban J connectivity index is 1.75. The summed E-state index contributed by atoms with van der Waals surface area (Å²) in [6, 6.07) is 6.10. The highest BCUT2D eigenvalue weighted by Crippen LogP contribution is 2.34. The molecule has 8 heteroatoms. The summed E-state index contributed by atoms with van der Waals surface area (Å²) in [5, 5.41) is 9.39. The summed E-state index contributed by atoms with van der Waals surface area (Å²) in [7, 11) is 1.74. The molecule has 1 aromatic carbocycles. The molecule has 3 N–H and O–H groups in total. The number of hydrogen-bond donors (Lipinski definition) is 3. The molecule has 0 aliphatic carbocycles. The van der Waals surface area contributed by atoms with Gasteiger partial charge in [0.15, 0.2) is 17.5 Å². The number of ether oxygens (including phenoxy) is 3. The van der Waals surface area contributed by atoms with Crippen LogP contribution in [0.15, 0.2) is 23.2 Å². The molecule has 2 rings (SSSR count). The maximum atomic E-state index is 11.6. The van der Waals surface area contributed by atoms with Crippen molar-refractivity contribution in [2.45, 2.75) is 52.1 Å². The van der Waals surface area contributed by atoms with Crippen molar-refractivity contribution in [1.82, 2.24) is 16.0 Å². The Kier molecular flexibility index (Phi) is 8.20. The largest absolute Gasteiger partial charge is 0.486 e. The summed E-state index contributed by atoms with van der Waals surface area (Å²) in [5.41, 5.74) is 0.542. The summed E-state index contributed by atoms with van der Waals surface area (Å²) >= 11 is 0. The van der Waals surface area contributed by atoms with E-state index < -0.39 is 11.7 Å². The maximum Gasteiger partial charge on any atom is 0.407 e. The molecule has 0 saturated heterocycles. The lowest BCUT2D eigenvalue weighted by Crippen LogP contribution is -2.44. The first-order valence-corrected chi connectivity index (χ1v) is 10.4. The van der Waals surface area contributed by atoms with Gasteiger partial charge in [0, 0.05) is 32.1 Å². The van der Waals surface area contributed by atoms with Gasteiger partial charge in [-0.1, -0.05) is 19.9 Å². The zero-order chi connectivity index (χ0) is 22.2. The van der Waals surface area contributed by atoms with E-state index in [1.165, 1.54) is 0 Å². The molecule has 1 aliphatic rings. The number of carbonyl (C=O) groups excluding carboxylic acids is 1. The highest BCUT2D eigenvalue weighted by Gasteiger charge is 2.24. The fourth-order valence-electron chi connectivity index (χ4n) is 2.89. The first-order chi connectivity index (χ1) is 14.1. The third-order valence-corrected chi connectivity index (χ3v) is 4.56. The number of nitrogens with one attached hydrogen (secondary N) is 3. The second-order valence-electron chi connectivity index (χ2n) is 8.88. The molecular formula is C22H36N4O4. The van der Waals surface area contributed by atoms with Gasteiger partial charge in [0.05, 0.1) is 0 Å². The molecule has 0 bridgehead atoms. The van der Waals surface area contributed by atoms with E-state index in [2.05, 4.69) is 46.9 Å². The molecule has 1 amide bonds. The van der Waals surface area contributed by atoms with Crippen LogP contribution >= 0.6 is 0 Å². The second-order valence-corrected chi connectivity index (χ2v) is 8.88. The molecule has 0 atom stereocenters. The van der Waals surface area contributed by atoms with Crippen LogP contribution in [0.4, 0.5) is 4.79 Å². The van der Waals surface area contributed by atoms with Gasteiger partial charge < -0.3 is 30.2 Å². The predicted octanol–water partition coefficient (Wildman–Crippen LogP) is 2.82. The Morgan fingerprint density at radius 3 is 2.37 bits per heavy atom. The number of rotatable bonds is 7. The van der Waals surface area contributed by atoms with Gasteiger partial charge in [-0.2, -0.15) is 0 Å². The van der Waals surface area contributed by atoms with E-state index in [0.29, 0.717) is 32.8 Å². The minimum Gasteiger partial charge on any atom is -0.486 e. The summed E-state index contributed by atoms with van der Waals surface area (Å²) in [4.78, 5) is 15.9. The monoisotopic (exact) mass is 420 g/mol. The smallest absolute Gasteiger partial charge is 0.407 e. The summed E-state index contributed by atoms with van der Waals surface area (Å²) in [5.74, 6) is 2.32. The number of hydrogen-bond acceptors (Lipinski definition) is 5. The Morgan fingerprint density at radius 1 is 1.03 bits per heavy atom. The van der Waals surface area contributed by atoms with Crippen LogP contribution in [0.1, 0.15) is 46.6 Å². The molecule has 0 unspecified atom stereocenters. The van der Waals surface area contributed by atoms with Crippen LogP contribution in [0.3, 0.4) is 0 Å². The molecular weight excluding hydrogens is 384 g/mol. The van der Waals surface area contributed by atoms with Gasteiger partial charge in [-0.15, -0.1) is 0 Å². The third-order valence-electron chi connectivity index (χ3n) is 4.56. The fraction of sp³-hybridized carbons (Fsp3) is 0.636. The topological polar surface area (TPSA) is 93.2 Å². The van der Waals surface area contributed by atoms with E-state index in [1.54, 1.807) is 7.05 Å². The van der Waals surface area contributed by atoms with Crippen LogP contribution < -0.4 is 25.4 Å². The molecule has 0 radical (unpaired) electrons. The van der Waals surface area contributed by atoms with E-state index in [-0.39, 0.29) is 5.41 Å². The molecule has 1 heterocycles. The molecule has 168 valence electrons. The number of amides is 1. The van der Waals surface area contributed by atoms with Crippen molar-refractivity contribution in [3.05, 3.63) is 23.8 Å². The van der Waals surface area contributed by atoms with Crippen LogP contribution in [0.5, 0.6) is 11.5 Å². The van der Waals surface area contributed by atoms with Crippen molar-refractivity contribution in [2.24, 2.45) is 4.99 Å². The van der Waals surface area contributed by atoms with Gasteiger partial charge in [0.1, 0.15) is 18.8 Å².